The molecule has 4 aromatic rings. The van der Waals surface area contributed by atoms with E-state index in [2.05, 4.69) is 44.4 Å². The Kier molecular flexibility index (Phi) is 6.97. The van der Waals surface area contributed by atoms with Gasteiger partial charge in [-0.15, -0.1) is 0 Å². The summed E-state index contributed by atoms with van der Waals surface area (Å²) in [7, 11) is 3.12. The molecule has 2 N–H and O–H groups in total. The third-order valence-corrected chi connectivity index (χ3v) is 7.99. The number of aromatic nitrogens is 1. The zero-order valence-electron chi connectivity index (χ0n) is 22.2. The number of carbonyl (C=O) groups is 1. The van der Waals surface area contributed by atoms with E-state index in [9.17, 15) is 9.18 Å². The zero-order chi connectivity index (χ0) is 26.9. The van der Waals surface area contributed by atoms with E-state index < -0.39 is 6.04 Å². The van der Waals surface area contributed by atoms with Crippen LogP contribution in [0.25, 0.3) is 10.9 Å². The number of ether oxygens (including phenoxy) is 2. The Morgan fingerprint density at radius 1 is 1.00 bits per heavy atom. The van der Waals surface area contributed by atoms with Crippen molar-refractivity contribution in [2.75, 3.05) is 45.3 Å². The fourth-order valence-electron chi connectivity index (χ4n) is 5.99. The molecule has 0 amide bonds. The Morgan fingerprint density at radius 2 is 1.77 bits per heavy atom. The lowest BCUT2D eigenvalue weighted by molar-refractivity contribution is -0.143. The van der Waals surface area contributed by atoms with Crippen molar-refractivity contribution in [2.45, 2.75) is 25.0 Å². The number of methoxy groups -OCH3 is 2. The number of fused-ring (bicyclic) bond motifs is 3. The number of anilines is 1. The Hall–Kier alpha value is -3.88. The predicted octanol–water partition coefficient (Wildman–Crippen LogP) is 4.41. The first-order chi connectivity index (χ1) is 19.1. The van der Waals surface area contributed by atoms with Gasteiger partial charge in [-0.3, -0.25) is 15.0 Å². The molecule has 3 heterocycles. The van der Waals surface area contributed by atoms with Crippen LogP contribution in [0, 0.1) is 5.82 Å². The van der Waals surface area contributed by atoms with Crippen molar-refractivity contribution in [2.24, 2.45) is 0 Å². The molecule has 8 heteroatoms. The molecule has 0 spiro atoms. The highest BCUT2D eigenvalue weighted by Crippen LogP contribution is 2.37. The minimum Gasteiger partial charge on any atom is -0.496 e. The van der Waals surface area contributed by atoms with Crippen molar-refractivity contribution in [1.82, 2.24) is 15.2 Å². The van der Waals surface area contributed by atoms with Crippen LogP contribution in [0.1, 0.15) is 28.4 Å². The number of carbonyl (C=O) groups excluding carboxylic acids is 1. The van der Waals surface area contributed by atoms with E-state index in [0.29, 0.717) is 12.1 Å². The zero-order valence-corrected chi connectivity index (χ0v) is 22.2. The lowest BCUT2D eigenvalue weighted by atomic mass is 9.89. The molecule has 2 aliphatic heterocycles. The molecule has 7 nitrogen and oxygen atoms in total. The molecular formula is C31H33FN4O3. The lowest BCUT2D eigenvalue weighted by Crippen LogP contribution is -2.46. The molecule has 1 aromatic heterocycles. The Bertz CT molecular complexity index is 1490. The molecule has 2 aliphatic rings. The Balaban J connectivity index is 1.27. The van der Waals surface area contributed by atoms with Crippen LogP contribution in [-0.2, 0) is 22.5 Å². The topological polar surface area (TPSA) is 69.8 Å². The van der Waals surface area contributed by atoms with Crippen LogP contribution in [-0.4, -0.2) is 62.3 Å². The molecule has 1 fully saturated rings. The summed E-state index contributed by atoms with van der Waals surface area (Å²) in [4.78, 5) is 20.7. The molecule has 0 aliphatic carbocycles. The average molecular weight is 529 g/mol. The first-order valence-corrected chi connectivity index (χ1v) is 13.4. The minimum absolute atomic E-state index is 0.179. The van der Waals surface area contributed by atoms with Crippen molar-refractivity contribution in [3.05, 3.63) is 94.9 Å². The Morgan fingerprint density at radius 3 is 2.54 bits per heavy atom. The lowest BCUT2D eigenvalue weighted by Gasteiger charge is -2.36. The number of esters is 1. The number of halogens is 1. The predicted molar refractivity (Wildman–Crippen MR) is 150 cm³/mol. The summed E-state index contributed by atoms with van der Waals surface area (Å²) in [6.45, 7) is 3.87. The number of aromatic amines is 1. The molecule has 2 atom stereocenters. The second-order valence-electron chi connectivity index (χ2n) is 10.2. The summed E-state index contributed by atoms with van der Waals surface area (Å²) < 4.78 is 25.2. The second-order valence-corrected chi connectivity index (χ2v) is 10.2. The third-order valence-electron chi connectivity index (χ3n) is 7.99. The third kappa shape index (κ3) is 4.86. The van der Waals surface area contributed by atoms with E-state index >= 15 is 0 Å². The normalized spacial score (nSPS) is 19.6. The number of nitrogens with zero attached hydrogens (tertiary/aromatic N) is 2. The Labute approximate surface area is 227 Å². The van der Waals surface area contributed by atoms with Gasteiger partial charge in [0.15, 0.2) is 0 Å². The molecular weight excluding hydrogens is 495 g/mol. The van der Waals surface area contributed by atoms with Crippen LogP contribution < -0.4 is 15.0 Å². The number of hydrogen-bond donors (Lipinski definition) is 2. The van der Waals surface area contributed by atoms with Gasteiger partial charge in [-0.25, -0.2) is 4.39 Å². The van der Waals surface area contributed by atoms with Gasteiger partial charge in [0, 0.05) is 61.3 Å². The van der Waals surface area contributed by atoms with Gasteiger partial charge >= 0.3 is 5.97 Å². The van der Waals surface area contributed by atoms with Gasteiger partial charge in [0.05, 0.1) is 25.9 Å². The molecule has 3 aromatic carbocycles. The van der Waals surface area contributed by atoms with Gasteiger partial charge in [-0.05, 0) is 41.5 Å². The number of piperazine rings is 1. The number of nitrogens with one attached hydrogen (secondary N) is 2. The molecule has 202 valence electrons. The average Bonchev–Trinajstić information content (AvgIpc) is 3.36. The number of H-pyrrole nitrogens is 1. The van der Waals surface area contributed by atoms with Crippen LogP contribution >= 0.6 is 0 Å². The highest BCUT2D eigenvalue weighted by atomic mass is 19.1. The number of hydrogen-bond acceptors (Lipinski definition) is 6. The maximum Gasteiger partial charge on any atom is 0.323 e. The van der Waals surface area contributed by atoms with Crippen molar-refractivity contribution in [1.29, 1.82) is 0 Å². The van der Waals surface area contributed by atoms with Crippen molar-refractivity contribution in [3.8, 4) is 5.75 Å². The van der Waals surface area contributed by atoms with Gasteiger partial charge in [0.25, 0.3) is 0 Å². The van der Waals surface area contributed by atoms with E-state index in [1.165, 1.54) is 13.2 Å². The molecule has 39 heavy (non-hydrogen) atoms. The fourth-order valence-corrected chi connectivity index (χ4v) is 5.99. The summed E-state index contributed by atoms with van der Waals surface area (Å²) in [5.41, 5.74) is 6.07. The van der Waals surface area contributed by atoms with E-state index in [0.717, 1.165) is 71.8 Å². The smallest absolute Gasteiger partial charge is 0.323 e. The summed E-state index contributed by atoms with van der Waals surface area (Å²) in [6, 6.07) is 20.8. The molecule has 1 saturated heterocycles. The van der Waals surface area contributed by atoms with Gasteiger partial charge < -0.3 is 19.4 Å². The van der Waals surface area contributed by atoms with E-state index in [4.69, 9.17) is 9.47 Å². The maximum atomic E-state index is 14.3. The molecule has 0 radical (unpaired) electrons. The van der Waals surface area contributed by atoms with Crippen LogP contribution in [0.3, 0.4) is 0 Å². The van der Waals surface area contributed by atoms with Crippen LogP contribution in [0.4, 0.5) is 10.1 Å². The van der Waals surface area contributed by atoms with Gasteiger partial charge in [-0.1, -0.05) is 36.4 Å². The van der Waals surface area contributed by atoms with Crippen LogP contribution in [0.15, 0.2) is 66.7 Å². The van der Waals surface area contributed by atoms with E-state index in [-0.39, 0.29) is 17.8 Å². The van der Waals surface area contributed by atoms with Crippen molar-refractivity contribution >= 4 is 22.6 Å². The van der Waals surface area contributed by atoms with E-state index in [1.54, 1.807) is 13.2 Å². The van der Waals surface area contributed by atoms with Crippen molar-refractivity contribution < 1.29 is 18.7 Å². The minimum atomic E-state index is -0.441. The maximum absolute atomic E-state index is 14.3. The van der Waals surface area contributed by atoms with Gasteiger partial charge in [0.2, 0.25) is 0 Å². The largest absolute Gasteiger partial charge is 0.496 e. The number of benzene rings is 3. The first-order valence-electron chi connectivity index (χ1n) is 13.4. The standard InChI is InChI=1S/C31H33FN4O3/c1-38-28-12-11-20(17-21(28)19-35-13-15-36(16-14-35)27-10-6-4-8-24(27)32)29-30-23(18-26(34-29)31(37)39-2)22-7-3-5-9-25(22)33-30/h3-12,17,26,29,33-34H,13-16,18-19H2,1-2H3/t26-,29-/m1/s1. The summed E-state index contributed by atoms with van der Waals surface area (Å²) in [5, 5.41) is 4.67. The fraction of sp³-hybridized carbons (Fsp3) is 0.323. The molecule has 0 bridgehead atoms. The van der Waals surface area contributed by atoms with E-state index in [1.807, 2.05) is 30.3 Å². The van der Waals surface area contributed by atoms with Gasteiger partial charge in [-0.2, -0.15) is 0 Å². The van der Waals surface area contributed by atoms with Crippen molar-refractivity contribution in [3.63, 3.8) is 0 Å². The quantitative estimate of drug-likeness (QED) is 0.361. The molecule has 0 saturated carbocycles. The number of rotatable bonds is 6. The second kappa shape index (κ2) is 10.7. The highest BCUT2D eigenvalue weighted by Gasteiger charge is 2.35. The van der Waals surface area contributed by atoms with Crippen LogP contribution in [0.5, 0.6) is 5.75 Å². The first kappa shape index (κ1) is 25.4. The summed E-state index contributed by atoms with van der Waals surface area (Å²) in [5.74, 6) is 0.381. The highest BCUT2D eigenvalue weighted by molar-refractivity contribution is 5.87. The summed E-state index contributed by atoms with van der Waals surface area (Å²) in [6.07, 6.45) is 0.567. The van der Waals surface area contributed by atoms with Gasteiger partial charge in [0.1, 0.15) is 17.6 Å². The summed E-state index contributed by atoms with van der Waals surface area (Å²) >= 11 is 0. The monoisotopic (exact) mass is 528 g/mol. The number of para-hydroxylation sites is 2. The molecule has 0 unspecified atom stereocenters. The SMILES string of the molecule is COC(=O)[C@H]1Cc2c([nH]c3ccccc23)[C@@H](c2ccc(OC)c(CN3CCN(c4ccccc4F)CC3)c2)N1. The molecule has 6 rings (SSSR count). The van der Waals surface area contributed by atoms with Crippen LogP contribution in [0.2, 0.25) is 0 Å².